The number of fused-ring (bicyclic) bond motifs is 6. The molecule has 0 radical (unpaired) electrons. The van der Waals surface area contributed by atoms with E-state index >= 15 is 4.79 Å². The minimum Gasteiger partial charge on any atom is -0.497 e. The van der Waals surface area contributed by atoms with Crippen molar-refractivity contribution in [2.45, 2.75) is 110 Å². The van der Waals surface area contributed by atoms with E-state index in [4.69, 9.17) is 79.1 Å². The zero-order valence-electron chi connectivity index (χ0n) is 45.0. The van der Waals surface area contributed by atoms with Crippen LogP contribution in [0, 0.1) is 32.1 Å². The van der Waals surface area contributed by atoms with Crippen LogP contribution >= 0.6 is 54.9 Å². The van der Waals surface area contributed by atoms with Crippen molar-refractivity contribution in [2.75, 3.05) is 34.0 Å². The lowest BCUT2D eigenvalue weighted by Gasteiger charge is -2.39. The first-order valence-corrected chi connectivity index (χ1v) is 28.6. The molecule has 6 aromatic carbocycles. The van der Waals surface area contributed by atoms with E-state index in [1.807, 2.05) is 111 Å². The molecule has 0 saturated carbocycles. The van der Waals surface area contributed by atoms with Crippen molar-refractivity contribution in [2.24, 2.45) is 0 Å². The van der Waals surface area contributed by atoms with E-state index in [2.05, 4.69) is 38.4 Å². The fraction of sp³-hybridized carbons (Fsp3) is 0.361. The highest BCUT2D eigenvalue weighted by molar-refractivity contribution is 7.44. The topological polar surface area (TPSA) is 129 Å². The summed E-state index contributed by atoms with van der Waals surface area (Å²) in [7, 11) is 1.61. The van der Waals surface area contributed by atoms with Crippen LogP contribution < -0.4 is 14.2 Å². The lowest BCUT2D eigenvalue weighted by atomic mass is 9.75. The van der Waals surface area contributed by atoms with Gasteiger partial charge in [-0.1, -0.05) is 101 Å². The van der Waals surface area contributed by atoms with Crippen molar-refractivity contribution in [3.05, 3.63) is 184 Å². The number of nitriles is 1. The minimum absolute atomic E-state index is 0.0581. The zero-order chi connectivity index (χ0) is 55.8. The number of benzene rings is 6. The molecule has 1 spiro atoms. The Labute approximate surface area is 478 Å². The molecule has 3 heterocycles. The van der Waals surface area contributed by atoms with Crippen LogP contribution in [0.4, 0.5) is 0 Å². The second kappa shape index (κ2) is 23.7. The quantitative estimate of drug-likeness (QED) is 0.0333. The first-order chi connectivity index (χ1) is 37.4. The lowest BCUT2D eigenvalue weighted by molar-refractivity contribution is -0.134. The predicted molar refractivity (Wildman–Crippen MR) is 306 cm³/mol. The van der Waals surface area contributed by atoms with Crippen LogP contribution in [-0.2, 0) is 40.9 Å². The van der Waals surface area contributed by atoms with Crippen LogP contribution in [0.3, 0.4) is 0 Å². The molecule has 12 nitrogen and oxygen atoms in total. The summed E-state index contributed by atoms with van der Waals surface area (Å²) in [4.78, 5) is 31.2. The minimum atomic E-state index is -1.65. The molecule has 78 heavy (non-hydrogen) atoms. The first-order valence-electron chi connectivity index (χ1n) is 25.9. The molecular weight excluding hydrogens is 1090 g/mol. The van der Waals surface area contributed by atoms with Crippen LogP contribution in [0.2, 0.25) is 20.1 Å². The molecular formula is C61H62Cl4N3O9P. The van der Waals surface area contributed by atoms with Gasteiger partial charge in [0.25, 0.3) is 8.53 Å². The van der Waals surface area contributed by atoms with Crippen molar-refractivity contribution < 1.29 is 42.3 Å². The summed E-state index contributed by atoms with van der Waals surface area (Å²) < 4.78 is 47.5. The molecule has 3 aliphatic heterocycles. The van der Waals surface area contributed by atoms with Gasteiger partial charge in [-0.2, -0.15) is 5.26 Å². The van der Waals surface area contributed by atoms with Crippen molar-refractivity contribution in [1.29, 1.82) is 5.26 Å². The number of methoxy groups -OCH3 is 2. The van der Waals surface area contributed by atoms with Crippen LogP contribution in [0.5, 0.6) is 23.0 Å². The molecule has 0 aliphatic carbocycles. The summed E-state index contributed by atoms with van der Waals surface area (Å²) in [5, 5.41) is 10.7. The molecule has 17 heteroatoms. The van der Waals surface area contributed by atoms with E-state index in [1.165, 1.54) is 6.07 Å². The number of likely N-dealkylation sites (tertiary alicyclic amines) is 1. The van der Waals surface area contributed by atoms with Gasteiger partial charge in [-0.05, 0) is 149 Å². The zero-order valence-corrected chi connectivity index (χ0v) is 49.0. The largest absolute Gasteiger partial charge is 0.497 e. The third kappa shape index (κ3) is 10.6. The highest BCUT2D eigenvalue weighted by atomic mass is 35.5. The Morgan fingerprint density at radius 1 is 0.795 bits per heavy atom. The van der Waals surface area contributed by atoms with Gasteiger partial charge >= 0.3 is 5.97 Å². The Balaban J connectivity index is 1.11. The van der Waals surface area contributed by atoms with Crippen molar-refractivity contribution in [3.8, 4) is 29.1 Å². The molecule has 0 bridgehead atoms. The van der Waals surface area contributed by atoms with Crippen LogP contribution in [0.1, 0.15) is 113 Å². The standard InChI is InChI=1S/C61H62Cl4N3O9P/c1-35(2)68(36(3)4)78(74-27-13-26-66)77-47-29-44(34-73-60(41-14-11-10-12-15-41,42-17-21-45(71-8)22-18-42)43-19-23-46(72-9)24-20-43)67(33-47)55(69)25-16-40-28-50-58(56(65)39(40)7)75-57-38(6)37(5)52(62)32-51(57)61(50)49-31-54(64)53(63)30-48(49)59(70)76-61/h10-12,14-15,17-24,28,30-32,35-36,44,47H,13,16,25,27,29,33-34H2,1-9H3. The van der Waals surface area contributed by atoms with Gasteiger partial charge in [0, 0.05) is 46.8 Å². The normalized spacial score (nSPS) is 17.9. The van der Waals surface area contributed by atoms with Gasteiger partial charge in [-0.3, -0.25) is 4.79 Å². The molecule has 0 aromatic heterocycles. The summed E-state index contributed by atoms with van der Waals surface area (Å²) in [6, 6.07) is 34.4. The number of carbonyl (C=O) groups excluding carboxylic acids is 2. The van der Waals surface area contributed by atoms with E-state index in [9.17, 15) is 10.1 Å². The molecule has 6 aromatic rings. The van der Waals surface area contributed by atoms with Gasteiger partial charge in [0.15, 0.2) is 11.4 Å². The molecule has 408 valence electrons. The molecule has 9 rings (SSSR count). The Morgan fingerprint density at radius 3 is 1.99 bits per heavy atom. The van der Waals surface area contributed by atoms with E-state index in [0.717, 1.165) is 33.4 Å². The fourth-order valence-corrected chi connectivity index (χ4v) is 13.6. The van der Waals surface area contributed by atoms with Gasteiger partial charge in [-0.15, -0.1) is 0 Å². The number of halogens is 4. The third-order valence-corrected chi connectivity index (χ3v) is 18.8. The highest BCUT2D eigenvalue weighted by Crippen LogP contribution is 2.61. The Bertz CT molecular complexity index is 3210. The molecule has 1 amide bonds. The van der Waals surface area contributed by atoms with Crippen LogP contribution in [0.15, 0.2) is 103 Å². The van der Waals surface area contributed by atoms with Crippen LogP contribution in [0.25, 0.3) is 0 Å². The number of carbonyl (C=O) groups is 2. The number of rotatable bonds is 19. The first kappa shape index (κ1) is 57.3. The van der Waals surface area contributed by atoms with Crippen LogP contribution in [-0.4, -0.2) is 79.7 Å². The monoisotopic (exact) mass is 1150 g/mol. The van der Waals surface area contributed by atoms with Crippen molar-refractivity contribution >= 4 is 66.8 Å². The maximum atomic E-state index is 15.3. The van der Waals surface area contributed by atoms with E-state index in [-0.39, 0.29) is 72.6 Å². The van der Waals surface area contributed by atoms with E-state index < -0.39 is 37.8 Å². The van der Waals surface area contributed by atoms with Gasteiger partial charge in [-0.25, -0.2) is 9.46 Å². The maximum Gasteiger partial charge on any atom is 0.340 e. The average Bonchev–Trinajstić information content (AvgIpc) is 3.81. The summed E-state index contributed by atoms with van der Waals surface area (Å²) >= 11 is 27.6. The molecule has 1 saturated heterocycles. The SMILES string of the molecule is COc1ccc(C(OCC2CC(OP(OCCC#N)N(C(C)C)C(C)C)CN2C(=O)CCc2cc3c(c(Cl)c2C)Oc2c(cc(Cl)c(C)c2C)C32OC(=O)c3cc(Cl)c(Cl)cc32)(c2ccccc2)c2ccc(OC)cc2)cc1. The Hall–Kier alpha value is -5.42. The Kier molecular flexibility index (Phi) is 17.4. The predicted octanol–water partition coefficient (Wildman–Crippen LogP) is 15.0. The number of ether oxygens (including phenoxy) is 5. The lowest BCUT2D eigenvalue weighted by Crippen LogP contribution is -2.42. The second-order valence-corrected chi connectivity index (χ2v) is 23.4. The summed E-state index contributed by atoms with van der Waals surface area (Å²) in [6.07, 6.45) is 0.470. The van der Waals surface area contributed by atoms with E-state index in [0.29, 0.717) is 61.7 Å². The van der Waals surface area contributed by atoms with Crippen molar-refractivity contribution in [1.82, 2.24) is 9.57 Å². The molecule has 3 aliphatic rings. The third-order valence-electron chi connectivity index (χ3n) is 15.1. The number of aryl methyl sites for hydroxylation is 1. The van der Waals surface area contributed by atoms with Gasteiger partial charge in [0.1, 0.15) is 22.8 Å². The molecule has 1 fully saturated rings. The Morgan fingerprint density at radius 2 is 1.38 bits per heavy atom. The van der Waals surface area contributed by atoms with Gasteiger partial charge in [0.2, 0.25) is 5.91 Å². The number of nitrogens with zero attached hydrogens (tertiary/aromatic N) is 3. The second-order valence-electron chi connectivity index (χ2n) is 20.3. The fourth-order valence-electron chi connectivity index (χ4n) is 11.1. The number of esters is 1. The molecule has 4 unspecified atom stereocenters. The number of hydrogen-bond acceptors (Lipinski definition) is 11. The van der Waals surface area contributed by atoms with Crippen molar-refractivity contribution in [3.63, 3.8) is 0 Å². The number of amides is 1. The number of hydrogen-bond donors (Lipinski definition) is 0. The van der Waals surface area contributed by atoms with Gasteiger partial charge < -0.3 is 37.6 Å². The maximum absolute atomic E-state index is 15.3. The summed E-state index contributed by atoms with van der Waals surface area (Å²) in [5.41, 5.74) is 4.44. The summed E-state index contributed by atoms with van der Waals surface area (Å²) in [6.45, 7) is 14.6. The summed E-state index contributed by atoms with van der Waals surface area (Å²) in [5.74, 6) is 1.39. The molecule has 0 N–H and O–H groups in total. The van der Waals surface area contributed by atoms with Gasteiger partial charge in [0.05, 0.1) is 72.7 Å². The van der Waals surface area contributed by atoms with E-state index in [1.54, 1.807) is 26.4 Å². The molecule has 4 atom stereocenters. The highest BCUT2D eigenvalue weighted by Gasteiger charge is 2.55. The smallest absolute Gasteiger partial charge is 0.340 e. The average molecular weight is 1150 g/mol.